The van der Waals surface area contributed by atoms with Crippen molar-refractivity contribution in [2.45, 2.75) is 38.7 Å². The van der Waals surface area contributed by atoms with Crippen LogP contribution in [0.3, 0.4) is 0 Å². The zero-order chi connectivity index (χ0) is 24.6. The van der Waals surface area contributed by atoms with Gasteiger partial charge in [0.05, 0.1) is 36.2 Å². The van der Waals surface area contributed by atoms with E-state index in [0.29, 0.717) is 35.1 Å². The van der Waals surface area contributed by atoms with Gasteiger partial charge in [-0.15, -0.1) is 0 Å². The Labute approximate surface area is 196 Å². The highest BCUT2D eigenvalue weighted by Crippen LogP contribution is 2.32. The molecule has 3 aromatic rings. The van der Waals surface area contributed by atoms with Gasteiger partial charge in [0.2, 0.25) is 5.95 Å². The molecule has 0 amide bonds. The van der Waals surface area contributed by atoms with Gasteiger partial charge >= 0.3 is 5.97 Å². The first-order valence-corrected chi connectivity index (χ1v) is 11.2. The van der Waals surface area contributed by atoms with Crippen molar-refractivity contribution in [3.05, 3.63) is 63.4 Å². The van der Waals surface area contributed by atoms with Gasteiger partial charge in [0.1, 0.15) is 0 Å². The Morgan fingerprint density at radius 2 is 2.00 bits per heavy atom. The molecular weight excluding hydrogens is 442 g/mol. The summed E-state index contributed by atoms with van der Waals surface area (Å²) in [5, 5.41) is 3.74. The van der Waals surface area contributed by atoms with Crippen LogP contribution in [-0.2, 0) is 11.8 Å². The quantitative estimate of drug-likeness (QED) is 0.556. The van der Waals surface area contributed by atoms with Crippen LogP contribution in [0.2, 0.25) is 0 Å². The third-order valence-electron chi connectivity index (χ3n) is 6.18. The van der Waals surface area contributed by atoms with Crippen molar-refractivity contribution in [2.24, 2.45) is 7.05 Å². The summed E-state index contributed by atoms with van der Waals surface area (Å²) in [6.07, 6.45) is 0.153. The summed E-state index contributed by atoms with van der Waals surface area (Å²) < 4.78 is 34.5. The topological polar surface area (TPSA) is 76.5 Å². The number of anilines is 2. The van der Waals surface area contributed by atoms with E-state index < -0.39 is 18.4 Å². The highest BCUT2D eigenvalue weighted by Gasteiger charge is 2.36. The molecule has 34 heavy (non-hydrogen) atoms. The first-order chi connectivity index (χ1) is 16.1. The summed E-state index contributed by atoms with van der Waals surface area (Å²) in [6, 6.07) is 10.3. The number of aryl methyl sites for hydroxylation is 1. The molecule has 1 aliphatic heterocycles. The first-order valence-electron chi connectivity index (χ1n) is 11.2. The Balaban J connectivity index is 1.81. The van der Waals surface area contributed by atoms with Crippen LogP contribution in [0.5, 0.6) is 0 Å². The largest absolute Gasteiger partial charge is 0.465 e. The van der Waals surface area contributed by atoms with Gasteiger partial charge in [-0.2, -0.15) is 0 Å². The number of rotatable bonds is 5. The average molecular weight is 471 g/mol. The lowest BCUT2D eigenvalue weighted by Gasteiger charge is -2.34. The fraction of sp³-hybridized carbons (Fsp3) is 0.400. The van der Waals surface area contributed by atoms with Crippen molar-refractivity contribution in [1.29, 1.82) is 0 Å². The summed E-state index contributed by atoms with van der Waals surface area (Å²) >= 11 is 0. The normalized spacial score (nSPS) is 16.4. The smallest absolute Gasteiger partial charge is 0.339 e. The molecule has 0 spiro atoms. The van der Waals surface area contributed by atoms with Gasteiger partial charge < -0.3 is 15.0 Å². The number of benzene rings is 2. The molecule has 1 unspecified atom stereocenters. The van der Waals surface area contributed by atoms with E-state index in [1.807, 2.05) is 19.9 Å². The summed E-state index contributed by atoms with van der Waals surface area (Å²) in [7, 11) is 2.88. The molecule has 9 heteroatoms. The molecule has 4 rings (SSSR count). The molecule has 0 saturated carbocycles. The number of carbonyl (C=O) groups excluding carboxylic acids is 1. The van der Waals surface area contributed by atoms with E-state index in [4.69, 9.17) is 9.72 Å². The average Bonchev–Trinajstić information content (AvgIpc) is 2.80. The Kier molecular flexibility index (Phi) is 6.29. The molecule has 1 aromatic heterocycles. The van der Waals surface area contributed by atoms with Crippen LogP contribution < -0.4 is 15.8 Å². The maximum atomic E-state index is 14.1. The Hall–Kier alpha value is -3.49. The molecule has 0 radical (unpaired) electrons. The highest BCUT2D eigenvalue weighted by atomic mass is 19.3. The number of carbonyl (C=O) groups is 1. The summed E-state index contributed by atoms with van der Waals surface area (Å²) in [5.74, 6) is -3.07. The van der Waals surface area contributed by atoms with Crippen LogP contribution in [0, 0.1) is 6.92 Å². The van der Waals surface area contributed by atoms with Gasteiger partial charge in [-0.05, 0) is 44.0 Å². The molecule has 2 aromatic carbocycles. The van der Waals surface area contributed by atoms with Gasteiger partial charge in [0.15, 0.2) is 0 Å². The number of piperidine rings is 1. The third kappa shape index (κ3) is 4.47. The Morgan fingerprint density at radius 1 is 1.26 bits per heavy atom. The molecule has 0 aliphatic carbocycles. The number of esters is 1. The van der Waals surface area contributed by atoms with Crippen LogP contribution in [0.25, 0.3) is 10.9 Å². The number of hydrogen-bond donors (Lipinski definition) is 1. The minimum absolute atomic E-state index is 0.171. The van der Waals surface area contributed by atoms with Gasteiger partial charge in [0, 0.05) is 31.3 Å². The lowest BCUT2D eigenvalue weighted by molar-refractivity contribution is -0.0122. The van der Waals surface area contributed by atoms with Crippen molar-refractivity contribution in [1.82, 2.24) is 9.55 Å². The van der Waals surface area contributed by atoms with Crippen LogP contribution in [0.15, 0.2) is 41.2 Å². The first kappa shape index (κ1) is 23.7. The lowest BCUT2D eigenvalue weighted by atomic mass is 10.0. The third-order valence-corrected chi connectivity index (χ3v) is 6.18. The number of alkyl halides is 2. The maximum absolute atomic E-state index is 14.1. The number of fused-ring (bicyclic) bond motifs is 1. The molecule has 0 bridgehead atoms. The molecule has 1 atom stereocenters. The van der Waals surface area contributed by atoms with Crippen molar-refractivity contribution >= 4 is 28.5 Å². The van der Waals surface area contributed by atoms with Gasteiger partial charge in [-0.3, -0.25) is 9.36 Å². The summed E-state index contributed by atoms with van der Waals surface area (Å²) in [4.78, 5) is 31.6. The number of halogens is 2. The second-order valence-electron chi connectivity index (χ2n) is 8.81. The van der Waals surface area contributed by atoms with Crippen LogP contribution >= 0.6 is 0 Å². The molecule has 1 N–H and O–H groups in total. The zero-order valence-electron chi connectivity index (χ0n) is 19.7. The molecule has 180 valence electrons. The van der Waals surface area contributed by atoms with E-state index in [2.05, 4.69) is 5.32 Å². The minimum Gasteiger partial charge on any atom is -0.465 e. The Bertz CT molecular complexity index is 1310. The van der Waals surface area contributed by atoms with E-state index in [-0.39, 0.29) is 24.0 Å². The van der Waals surface area contributed by atoms with Crippen LogP contribution in [0.4, 0.5) is 20.4 Å². The lowest BCUT2D eigenvalue weighted by Crippen LogP contribution is -2.45. The molecule has 7 nitrogen and oxygen atoms in total. The maximum Gasteiger partial charge on any atom is 0.339 e. The van der Waals surface area contributed by atoms with E-state index in [1.165, 1.54) is 16.6 Å². The monoisotopic (exact) mass is 470 g/mol. The predicted octanol–water partition coefficient (Wildman–Crippen LogP) is 4.44. The standard InChI is InChI=1S/C25H28F2N4O3/c1-15-12-18(16(2)28-20-9-6-5-8-17(20)23(33)34-4)21-19(13-15)22(32)30(3)24(29-21)31-11-7-10-25(26,27)14-31/h5-6,8-9,12-13,16,28H,7,10-11,14H2,1-4H3. The van der Waals surface area contributed by atoms with Crippen molar-refractivity contribution < 1.29 is 18.3 Å². The fourth-order valence-electron chi connectivity index (χ4n) is 4.50. The predicted molar refractivity (Wildman–Crippen MR) is 128 cm³/mol. The number of nitrogens with zero attached hydrogens (tertiary/aromatic N) is 3. The molecular formula is C25H28F2N4O3. The molecule has 1 saturated heterocycles. The summed E-state index contributed by atoms with van der Waals surface area (Å²) in [5.41, 5.74) is 2.73. The summed E-state index contributed by atoms with van der Waals surface area (Å²) in [6.45, 7) is 3.72. The van der Waals surface area contributed by atoms with Gasteiger partial charge in [-0.25, -0.2) is 18.6 Å². The molecule has 2 heterocycles. The highest BCUT2D eigenvalue weighted by molar-refractivity contribution is 5.95. The fourth-order valence-corrected chi connectivity index (χ4v) is 4.50. The second kappa shape index (κ2) is 9.04. The number of ether oxygens (including phenoxy) is 1. The molecule has 1 fully saturated rings. The minimum atomic E-state index is -2.83. The zero-order valence-corrected chi connectivity index (χ0v) is 19.7. The number of aromatic nitrogens is 2. The number of hydrogen-bond acceptors (Lipinski definition) is 6. The number of nitrogens with one attached hydrogen (secondary N) is 1. The number of methoxy groups -OCH3 is 1. The van der Waals surface area contributed by atoms with E-state index in [1.54, 1.807) is 37.4 Å². The van der Waals surface area contributed by atoms with Crippen LogP contribution in [0.1, 0.15) is 47.3 Å². The van der Waals surface area contributed by atoms with Crippen LogP contribution in [-0.4, -0.2) is 41.6 Å². The van der Waals surface area contributed by atoms with Crippen molar-refractivity contribution in [3.63, 3.8) is 0 Å². The van der Waals surface area contributed by atoms with E-state index in [0.717, 1.165) is 11.1 Å². The SMILES string of the molecule is COC(=O)c1ccccc1NC(C)c1cc(C)cc2c(=O)n(C)c(N3CCCC(F)(F)C3)nc12. The van der Waals surface area contributed by atoms with Crippen molar-refractivity contribution in [2.75, 3.05) is 30.4 Å². The Morgan fingerprint density at radius 3 is 2.71 bits per heavy atom. The molecule has 1 aliphatic rings. The van der Waals surface area contributed by atoms with E-state index in [9.17, 15) is 18.4 Å². The van der Waals surface area contributed by atoms with Crippen molar-refractivity contribution in [3.8, 4) is 0 Å². The van der Waals surface area contributed by atoms with Gasteiger partial charge in [-0.1, -0.05) is 18.2 Å². The number of para-hydroxylation sites is 1. The second-order valence-corrected chi connectivity index (χ2v) is 8.81. The van der Waals surface area contributed by atoms with E-state index >= 15 is 0 Å². The van der Waals surface area contributed by atoms with Gasteiger partial charge in [0.25, 0.3) is 11.5 Å².